The van der Waals surface area contributed by atoms with Crippen LogP contribution in [0.1, 0.15) is 24.9 Å². The largest absolute Gasteiger partial charge is 0.310 e. The molecule has 1 N–H and O–H groups in total. The molecule has 1 aliphatic rings. The zero-order chi connectivity index (χ0) is 12.6. The number of rotatable bonds is 6. The second-order valence-corrected chi connectivity index (χ2v) is 5.99. The van der Waals surface area contributed by atoms with Gasteiger partial charge >= 0.3 is 0 Å². The fraction of sp³-hybridized carbons (Fsp3) is 0.600. The van der Waals surface area contributed by atoms with E-state index < -0.39 is 0 Å². The summed E-state index contributed by atoms with van der Waals surface area (Å²) in [6.07, 6.45) is 1.21. The van der Waals surface area contributed by atoms with Crippen molar-refractivity contribution < 1.29 is 0 Å². The smallest absolute Gasteiger partial charge is 0.0332 e. The van der Waals surface area contributed by atoms with E-state index in [4.69, 9.17) is 0 Å². The van der Waals surface area contributed by atoms with Crippen LogP contribution in [0.2, 0.25) is 0 Å². The summed E-state index contributed by atoms with van der Waals surface area (Å²) in [6, 6.07) is 11.3. The van der Waals surface area contributed by atoms with Crippen LogP contribution >= 0.6 is 11.8 Å². The Morgan fingerprint density at radius 1 is 1.22 bits per heavy atom. The van der Waals surface area contributed by atoms with Crippen molar-refractivity contribution in [2.75, 3.05) is 37.7 Å². The van der Waals surface area contributed by atoms with Crippen LogP contribution in [-0.2, 0) is 0 Å². The number of hydrogen-bond acceptors (Lipinski definition) is 3. The van der Waals surface area contributed by atoms with Crippen LogP contribution in [0.15, 0.2) is 30.3 Å². The van der Waals surface area contributed by atoms with Gasteiger partial charge in [0.25, 0.3) is 0 Å². The summed E-state index contributed by atoms with van der Waals surface area (Å²) in [5.74, 6) is 2.61. The highest BCUT2D eigenvalue weighted by molar-refractivity contribution is 7.99. The average Bonchev–Trinajstić information content (AvgIpc) is 2.45. The van der Waals surface area contributed by atoms with E-state index in [9.17, 15) is 0 Å². The molecule has 3 heteroatoms. The fourth-order valence-electron chi connectivity index (χ4n) is 2.45. The summed E-state index contributed by atoms with van der Waals surface area (Å²) in [4.78, 5) is 2.60. The van der Waals surface area contributed by atoms with Crippen molar-refractivity contribution >= 4 is 11.8 Å². The van der Waals surface area contributed by atoms with Gasteiger partial charge in [-0.05, 0) is 18.5 Å². The van der Waals surface area contributed by atoms with Crippen molar-refractivity contribution in [2.45, 2.75) is 19.4 Å². The van der Waals surface area contributed by atoms with Crippen molar-refractivity contribution in [3.63, 3.8) is 0 Å². The Balaban J connectivity index is 1.86. The molecular formula is C15H24N2S. The first-order valence-electron chi connectivity index (χ1n) is 6.98. The Hall–Kier alpha value is -0.510. The van der Waals surface area contributed by atoms with Crippen LogP contribution in [0.5, 0.6) is 0 Å². The molecule has 1 atom stereocenters. The predicted octanol–water partition coefficient (Wildman–Crippen LogP) is 2.78. The lowest BCUT2D eigenvalue weighted by Crippen LogP contribution is -2.35. The summed E-state index contributed by atoms with van der Waals surface area (Å²) in [7, 11) is 0. The number of hydrogen-bond donors (Lipinski definition) is 1. The molecule has 1 aliphatic heterocycles. The molecule has 0 spiro atoms. The number of benzene rings is 1. The van der Waals surface area contributed by atoms with Gasteiger partial charge in [0.2, 0.25) is 0 Å². The summed E-state index contributed by atoms with van der Waals surface area (Å²) in [6.45, 7) is 6.96. The van der Waals surface area contributed by atoms with Gasteiger partial charge in [0.15, 0.2) is 0 Å². The number of nitrogens with one attached hydrogen (secondary N) is 1. The normalized spacial score (nSPS) is 18.7. The zero-order valence-corrected chi connectivity index (χ0v) is 12.1. The number of thioether (sulfide) groups is 1. The van der Waals surface area contributed by atoms with Gasteiger partial charge in [-0.1, -0.05) is 37.3 Å². The minimum absolute atomic E-state index is 0.505. The molecule has 1 saturated heterocycles. The molecule has 0 saturated carbocycles. The lowest BCUT2D eigenvalue weighted by atomic mass is 10.0. The second kappa shape index (κ2) is 7.82. The molecule has 18 heavy (non-hydrogen) atoms. The molecular weight excluding hydrogens is 240 g/mol. The van der Waals surface area contributed by atoms with Crippen molar-refractivity contribution in [3.8, 4) is 0 Å². The molecule has 1 aromatic carbocycles. The standard InChI is InChI=1S/C15H24N2S/c1-2-16-15(14-6-4-3-5-7-14)8-9-17-10-12-18-13-11-17/h3-7,15-16H,2,8-13H2,1H3. The number of nitrogens with zero attached hydrogens (tertiary/aromatic N) is 1. The quantitative estimate of drug-likeness (QED) is 0.850. The van der Waals surface area contributed by atoms with Gasteiger partial charge in [0.05, 0.1) is 0 Å². The molecule has 1 heterocycles. The third-order valence-electron chi connectivity index (χ3n) is 3.49. The van der Waals surface area contributed by atoms with E-state index in [0.717, 1.165) is 6.54 Å². The zero-order valence-electron chi connectivity index (χ0n) is 11.3. The lowest BCUT2D eigenvalue weighted by molar-refractivity contribution is 0.281. The summed E-state index contributed by atoms with van der Waals surface area (Å²) >= 11 is 2.08. The van der Waals surface area contributed by atoms with Gasteiger partial charge in [0.1, 0.15) is 0 Å². The highest BCUT2D eigenvalue weighted by atomic mass is 32.2. The molecule has 1 unspecified atom stereocenters. The van der Waals surface area contributed by atoms with Crippen molar-refractivity contribution in [1.82, 2.24) is 10.2 Å². The second-order valence-electron chi connectivity index (χ2n) is 4.76. The first-order chi connectivity index (χ1) is 8.90. The Morgan fingerprint density at radius 2 is 1.94 bits per heavy atom. The molecule has 1 aromatic rings. The minimum atomic E-state index is 0.505. The van der Waals surface area contributed by atoms with E-state index in [1.54, 1.807) is 0 Å². The highest BCUT2D eigenvalue weighted by Gasteiger charge is 2.14. The molecule has 0 bridgehead atoms. The molecule has 0 aromatic heterocycles. The van der Waals surface area contributed by atoms with Crippen LogP contribution in [0.4, 0.5) is 0 Å². The van der Waals surface area contributed by atoms with Crippen LogP contribution in [0.3, 0.4) is 0 Å². The van der Waals surface area contributed by atoms with E-state index in [-0.39, 0.29) is 0 Å². The van der Waals surface area contributed by atoms with E-state index in [0.29, 0.717) is 6.04 Å². The molecule has 0 amide bonds. The Labute approximate surface area is 115 Å². The Bertz CT molecular complexity index is 323. The van der Waals surface area contributed by atoms with Crippen LogP contribution < -0.4 is 5.32 Å². The first kappa shape index (κ1) is 13.9. The fourth-order valence-corrected chi connectivity index (χ4v) is 3.43. The van der Waals surface area contributed by atoms with Crippen molar-refractivity contribution in [2.24, 2.45) is 0 Å². The van der Waals surface area contributed by atoms with E-state index >= 15 is 0 Å². The molecule has 100 valence electrons. The molecule has 1 fully saturated rings. The van der Waals surface area contributed by atoms with E-state index in [1.807, 2.05) is 0 Å². The van der Waals surface area contributed by atoms with Crippen LogP contribution in [0.25, 0.3) is 0 Å². The van der Waals surface area contributed by atoms with Gasteiger partial charge < -0.3 is 10.2 Å². The Morgan fingerprint density at radius 3 is 2.61 bits per heavy atom. The molecule has 0 radical (unpaired) electrons. The van der Waals surface area contributed by atoms with Gasteiger partial charge in [0, 0.05) is 37.2 Å². The van der Waals surface area contributed by atoms with E-state index in [1.165, 1.54) is 43.1 Å². The van der Waals surface area contributed by atoms with Gasteiger partial charge in [-0.25, -0.2) is 0 Å². The van der Waals surface area contributed by atoms with Gasteiger partial charge in [-0.2, -0.15) is 11.8 Å². The van der Waals surface area contributed by atoms with Gasteiger partial charge in [-0.3, -0.25) is 0 Å². The summed E-state index contributed by atoms with van der Waals surface area (Å²) < 4.78 is 0. The summed E-state index contributed by atoms with van der Waals surface area (Å²) in [5, 5.41) is 3.61. The SMILES string of the molecule is CCNC(CCN1CCSCC1)c1ccccc1. The van der Waals surface area contributed by atoms with Crippen LogP contribution in [0, 0.1) is 0 Å². The van der Waals surface area contributed by atoms with Crippen LogP contribution in [-0.4, -0.2) is 42.6 Å². The third kappa shape index (κ3) is 4.30. The van der Waals surface area contributed by atoms with Crippen molar-refractivity contribution in [3.05, 3.63) is 35.9 Å². The highest BCUT2D eigenvalue weighted by Crippen LogP contribution is 2.18. The molecule has 0 aliphatic carbocycles. The monoisotopic (exact) mass is 264 g/mol. The predicted molar refractivity (Wildman–Crippen MR) is 81.2 cm³/mol. The maximum Gasteiger partial charge on any atom is 0.0332 e. The topological polar surface area (TPSA) is 15.3 Å². The lowest BCUT2D eigenvalue weighted by Gasteiger charge is -2.28. The third-order valence-corrected chi connectivity index (χ3v) is 4.43. The molecule has 2 nitrogen and oxygen atoms in total. The Kier molecular flexibility index (Phi) is 6.05. The maximum absolute atomic E-state index is 3.61. The maximum atomic E-state index is 3.61. The van der Waals surface area contributed by atoms with E-state index in [2.05, 4.69) is 59.2 Å². The average molecular weight is 264 g/mol. The first-order valence-corrected chi connectivity index (χ1v) is 8.14. The van der Waals surface area contributed by atoms with Crippen molar-refractivity contribution in [1.29, 1.82) is 0 Å². The summed E-state index contributed by atoms with van der Waals surface area (Å²) in [5.41, 5.74) is 1.42. The molecule has 2 rings (SSSR count). The van der Waals surface area contributed by atoms with Gasteiger partial charge in [-0.15, -0.1) is 0 Å². The minimum Gasteiger partial charge on any atom is -0.310 e.